The van der Waals surface area contributed by atoms with E-state index in [-0.39, 0.29) is 16.8 Å². The number of sulfonamides is 1. The molecule has 1 amide bonds. The number of likely N-dealkylation sites (N-methyl/N-ethyl adjacent to an activating group) is 1. The van der Waals surface area contributed by atoms with Crippen molar-refractivity contribution in [2.45, 2.75) is 50.5 Å². The highest BCUT2D eigenvalue weighted by Crippen LogP contribution is 2.33. The van der Waals surface area contributed by atoms with Gasteiger partial charge in [-0.3, -0.25) is 9.69 Å². The number of hydrogen-bond acceptors (Lipinski definition) is 7. The Morgan fingerprint density at radius 1 is 1.11 bits per heavy atom. The molecule has 1 aromatic heterocycles. The first-order valence-corrected chi connectivity index (χ1v) is 15.1. The maximum atomic E-state index is 13.7. The summed E-state index contributed by atoms with van der Waals surface area (Å²) in [4.78, 5) is 22.3. The molecule has 10 heteroatoms. The molecule has 2 heterocycles. The molecular formula is C27H36N4O4S2. The van der Waals surface area contributed by atoms with Gasteiger partial charge in [-0.1, -0.05) is 24.7 Å². The molecule has 3 aromatic rings. The smallest absolute Gasteiger partial charge is 0.260 e. The number of nitrogens with zero attached hydrogens (tertiary/aromatic N) is 4. The second-order valence-corrected chi connectivity index (χ2v) is 12.4. The molecule has 0 N–H and O–H groups in total. The van der Waals surface area contributed by atoms with E-state index in [1.54, 1.807) is 33.5 Å². The van der Waals surface area contributed by atoms with Crippen LogP contribution in [0.1, 0.15) is 49.9 Å². The summed E-state index contributed by atoms with van der Waals surface area (Å²) >= 11 is 1.44. The molecule has 200 valence electrons. The first-order valence-electron chi connectivity index (χ1n) is 12.9. The van der Waals surface area contributed by atoms with Crippen molar-refractivity contribution in [3.63, 3.8) is 0 Å². The van der Waals surface area contributed by atoms with Crippen LogP contribution in [0.5, 0.6) is 5.75 Å². The van der Waals surface area contributed by atoms with Gasteiger partial charge in [-0.15, -0.1) is 0 Å². The van der Waals surface area contributed by atoms with Gasteiger partial charge in [0.2, 0.25) is 10.0 Å². The predicted molar refractivity (Wildman–Crippen MR) is 149 cm³/mol. The molecule has 4 rings (SSSR count). The molecule has 1 saturated heterocycles. The van der Waals surface area contributed by atoms with Crippen LogP contribution in [0, 0.1) is 0 Å². The third-order valence-corrected chi connectivity index (χ3v) is 9.67. The SMILES string of the molecule is CCOc1ccc2nc(N(CCN(C)C)C(=O)c3ccc(S(=O)(=O)N4CCCCC4CC)cc3)sc2c1. The number of amides is 1. The molecule has 0 aliphatic carbocycles. The summed E-state index contributed by atoms with van der Waals surface area (Å²) in [6.45, 7) is 6.20. The van der Waals surface area contributed by atoms with E-state index in [1.807, 2.05) is 51.0 Å². The Kier molecular flexibility index (Phi) is 8.84. The van der Waals surface area contributed by atoms with Gasteiger partial charge in [0.1, 0.15) is 5.75 Å². The number of hydrogen-bond donors (Lipinski definition) is 0. The predicted octanol–water partition coefficient (Wildman–Crippen LogP) is 4.86. The molecule has 0 saturated carbocycles. The number of aromatic nitrogens is 1. The van der Waals surface area contributed by atoms with Gasteiger partial charge in [0.15, 0.2) is 5.13 Å². The van der Waals surface area contributed by atoms with Crippen molar-refractivity contribution in [1.29, 1.82) is 0 Å². The standard InChI is InChI=1S/C27H36N4O4S2/c1-5-21-9-7-8-16-31(21)37(33,34)23-13-10-20(11-14-23)26(32)30(18-17-29(3)4)27-28-24-15-12-22(35-6-2)19-25(24)36-27/h10-15,19,21H,5-9,16-18H2,1-4H3. The summed E-state index contributed by atoms with van der Waals surface area (Å²) in [5, 5.41) is 0.603. The van der Waals surface area contributed by atoms with Crippen molar-refractivity contribution >= 4 is 42.6 Å². The topological polar surface area (TPSA) is 83.0 Å². The number of carbonyl (C=O) groups excluding carboxylic acids is 1. The maximum Gasteiger partial charge on any atom is 0.260 e. The van der Waals surface area contributed by atoms with Crippen molar-refractivity contribution in [1.82, 2.24) is 14.2 Å². The average molecular weight is 545 g/mol. The van der Waals surface area contributed by atoms with Gasteiger partial charge in [-0.2, -0.15) is 4.31 Å². The maximum absolute atomic E-state index is 13.7. The third-order valence-electron chi connectivity index (χ3n) is 6.66. The van der Waals surface area contributed by atoms with Gasteiger partial charge < -0.3 is 9.64 Å². The van der Waals surface area contributed by atoms with E-state index in [9.17, 15) is 13.2 Å². The number of thiazole rings is 1. The molecule has 1 aliphatic heterocycles. The fourth-order valence-corrected chi connectivity index (χ4v) is 7.39. The van der Waals surface area contributed by atoms with Gasteiger partial charge in [0.05, 0.1) is 21.7 Å². The normalized spacial score (nSPS) is 16.8. The summed E-state index contributed by atoms with van der Waals surface area (Å²) in [5.74, 6) is 0.562. The Bertz CT molecular complexity index is 1320. The fourth-order valence-electron chi connectivity index (χ4n) is 4.61. The molecule has 8 nitrogen and oxygen atoms in total. The second-order valence-electron chi connectivity index (χ2n) is 9.52. The largest absolute Gasteiger partial charge is 0.494 e. The van der Waals surface area contributed by atoms with Crippen molar-refractivity contribution in [2.24, 2.45) is 0 Å². The summed E-state index contributed by atoms with van der Waals surface area (Å²) in [6.07, 6.45) is 3.62. The highest BCUT2D eigenvalue weighted by Gasteiger charge is 2.32. The number of benzene rings is 2. The molecule has 1 atom stereocenters. The Balaban J connectivity index is 1.61. The van der Waals surface area contributed by atoms with Crippen LogP contribution in [-0.2, 0) is 10.0 Å². The summed E-state index contributed by atoms with van der Waals surface area (Å²) in [6, 6.07) is 12.1. The van der Waals surface area contributed by atoms with Crippen LogP contribution in [0.4, 0.5) is 5.13 Å². The molecule has 0 bridgehead atoms. The van der Waals surface area contributed by atoms with Crippen molar-refractivity contribution in [3.05, 3.63) is 48.0 Å². The van der Waals surface area contributed by atoms with Crippen LogP contribution < -0.4 is 9.64 Å². The minimum absolute atomic E-state index is 0.0314. The zero-order valence-electron chi connectivity index (χ0n) is 22.0. The summed E-state index contributed by atoms with van der Waals surface area (Å²) < 4.78 is 34.9. The Labute approximate surface area is 223 Å². The number of fused-ring (bicyclic) bond motifs is 1. The molecule has 0 radical (unpaired) electrons. The van der Waals surface area contributed by atoms with Crippen molar-refractivity contribution in [2.75, 3.05) is 45.2 Å². The van der Waals surface area contributed by atoms with Gasteiger partial charge >= 0.3 is 0 Å². The van der Waals surface area contributed by atoms with Crippen molar-refractivity contribution in [3.8, 4) is 5.75 Å². The first-order chi connectivity index (χ1) is 17.7. The van der Waals surface area contributed by atoms with Crippen LogP contribution in [0.15, 0.2) is 47.4 Å². The molecule has 1 aliphatic rings. The Morgan fingerprint density at radius 2 is 1.86 bits per heavy atom. The summed E-state index contributed by atoms with van der Waals surface area (Å²) in [7, 11) is 0.309. The minimum Gasteiger partial charge on any atom is -0.494 e. The lowest BCUT2D eigenvalue weighted by Gasteiger charge is -2.34. The Hall–Kier alpha value is -2.53. The lowest BCUT2D eigenvalue weighted by molar-refractivity contribution is 0.0985. The lowest BCUT2D eigenvalue weighted by Crippen LogP contribution is -2.43. The van der Waals surface area contributed by atoms with Gasteiger partial charge in [0.25, 0.3) is 5.91 Å². The summed E-state index contributed by atoms with van der Waals surface area (Å²) in [5.41, 5.74) is 1.23. The van der Waals surface area contributed by atoms with E-state index in [2.05, 4.69) is 0 Å². The van der Waals surface area contributed by atoms with Gasteiger partial charge in [-0.25, -0.2) is 13.4 Å². The number of rotatable bonds is 10. The second kappa shape index (κ2) is 11.9. The van der Waals surface area contributed by atoms with Crippen molar-refractivity contribution < 1.29 is 17.9 Å². The van der Waals surface area contributed by atoms with Crippen LogP contribution in [0.2, 0.25) is 0 Å². The number of carbonyl (C=O) groups is 1. The third kappa shape index (κ3) is 6.14. The van der Waals surface area contributed by atoms with Gasteiger partial charge in [0, 0.05) is 31.2 Å². The highest BCUT2D eigenvalue weighted by molar-refractivity contribution is 7.89. The molecule has 0 spiro atoms. The monoisotopic (exact) mass is 544 g/mol. The Morgan fingerprint density at radius 3 is 2.54 bits per heavy atom. The number of anilines is 1. The lowest BCUT2D eigenvalue weighted by atomic mass is 10.0. The quantitative estimate of drug-likeness (QED) is 0.363. The van der Waals surface area contributed by atoms with Crippen LogP contribution in [-0.4, -0.2) is 74.9 Å². The highest BCUT2D eigenvalue weighted by atomic mass is 32.2. The first kappa shape index (κ1) is 27.5. The molecular weight excluding hydrogens is 508 g/mol. The van der Waals surface area contributed by atoms with E-state index in [0.29, 0.717) is 36.9 Å². The molecule has 1 fully saturated rings. The van der Waals surface area contributed by atoms with E-state index in [1.165, 1.54) is 11.3 Å². The minimum atomic E-state index is -3.61. The van der Waals surface area contributed by atoms with E-state index < -0.39 is 10.0 Å². The molecule has 37 heavy (non-hydrogen) atoms. The number of piperidine rings is 1. The van der Waals surface area contributed by atoms with Crippen LogP contribution in [0.3, 0.4) is 0 Å². The van der Waals surface area contributed by atoms with Crippen LogP contribution in [0.25, 0.3) is 10.2 Å². The fraction of sp³-hybridized carbons (Fsp3) is 0.481. The van der Waals surface area contributed by atoms with E-state index in [0.717, 1.165) is 41.6 Å². The molecule has 2 aromatic carbocycles. The zero-order chi connectivity index (χ0) is 26.6. The number of ether oxygens (including phenoxy) is 1. The average Bonchev–Trinajstić information content (AvgIpc) is 3.31. The zero-order valence-corrected chi connectivity index (χ0v) is 23.6. The van der Waals surface area contributed by atoms with E-state index in [4.69, 9.17) is 9.72 Å². The van der Waals surface area contributed by atoms with Crippen LogP contribution >= 0.6 is 11.3 Å². The van der Waals surface area contributed by atoms with Gasteiger partial charge in [-0.05, 0) is 82.7 Å². The molecule has 1 unspecified atom stereocenters. The van der Waals surface area contributed by atoms with E-state index >= 15 is 0 Å².